The predicted molar refractivity (Wildman–Crippen MR) is 112 cm³/mol. The fourth-order valence-electron chi connectivity index (χ4n) is 2.98. The van der Waals surface area contributed by atoms with Crippen LogP contribution in [0.2, 0.25) is 0 Å². The molecule has 1 atom stereocenters. The number of hydrogen-bond donors (Lipinski definition) is 2. The highest BCUT2D eigenvalue weighted by Gasteiger charge is 2.30. The van der Waals surface area contributed by atoms with Crippen molar-refractivity contribution in [2.45, 2.75) is 17.9 Å². The van der Waals surface area contributed by atoms with Crippen molar-refractivity contribution >= 4 is 29.3 Å². The second-order valence-corrected chi connectivity index (χ2v) is 7.75. The number of ether oxygens (including phenoxy) is 1. The first-order valence-corrected chi connectivity index (χ1v) is 10.2. The minimum Gasteiger partial charge on any atom is -0.477 e. The summed E-state index contributed by atoms with van der Waals surface area (Å²) in [5.74, 6) is 1.14. The van der Waals surface area contributed by atoms with Crippen molar-refractivity contribution in [2.24, 2.45) is 0 Å². The molecule has 0 saturated carbocycles. The van der Waals surface area contributed by atoms with Crippen molar-refractivity contribution in [1.82, 2.24) is 10.6 Å². The fraction of sp³-hybridized carbons (Fsp3) is 0.333. The summed E-state index contributed by atoms with van der Waals surface area (Å²) >= 11 is 1.71. The van der Waals surface area contributed by atoms with E-state index in [4.69, 9.17) is 4.74 Å². The number of likely N-dealkylation sites (N-methyl/N-ethyl adjacent to an activating group) is 1. The van der Waals surface area contributed by atoms with Crippen LogP contribution in [-0.4, -0.2) is 50.4 Å². The Hall–Kier alpha value is -2.67. The molecule has 2 aromatic carbocycles. The van der Waals surface area contributed by atoms with Crippen molar-refractivity contribution < 1.29 is 14.3 Å². The summed E-state index contributed by atoms with van der Waals surface area (Å²) in [6.45, 7) is 3.17. The van der Waals surface area contributed by atoms with Crippen LogP contribution in [0, 0.1) is 6.92 Å². The summed E-state index contributed by atoms with van der Waals surface area (Å²) in [4.78, 5) is 27.5. The van der Waals surface area contributed by atoms with Gasteiger partial charge in [-0.1, -0.05) is 29.8 Å². The maximum Gasteiger partial charge on any atom is 0.262 e. The van der Waals surface area contributed by atoms with E-state index in [0.717, 1.165) is 11.4 Å². The quantitative estimate of drug-likeness (QED) is 0.552. The molecule has 0 saturated heterocycles. The van der Waals surface area contributed by atoms with Gasteiger partial charge in [-0.15, -0.1) is 11.8 Å². The predicted octanol–water partition coefficient (Wildman–Crippen LogP) is 2.22. The molecule has 1 aliphatic heterocycles. The normalized spacial score (nSPS) is 15.4. The van der Waals surface area contributed by atoms with E-state index < -0.39 is 6.10 Å². The van der Waals surface area contributed by atoms with Crippen molar-refractivity contribution in [3.8, 4) is 5.75 Å². The van der Waals surface area contributed by atoms with E-state index in [-0.39, 0.29) is 18.4 Å². The minimum absolute atomic E-state index is 0.0723. The van der Waals surface area contributed by atoms with Gasteiger partial charge in [0, 0.05) is 24.2 Å². The van der Waals surface area contributed by atoms with Gasteiger partial charge in [-0.3, -0.25) is 9.59 Å². The zero-order valence-corrected chi connectivity index (χ0v) is 16.9. The maximum absolute atomic E-state index is 12.4. The standard InChI is InChI=1S/C21H25N3O3S/c1-15-7-9-16(10-8-15)28-12-11-23-20(25)14-24-13-19(21(26)22-2)27-18-6-4-3-5-17(18)24/h3-10,19H,11-14H2,1-2H3,(H,22,26)(H,23,25). The molecule has 3 rings (SSSR count). The molecule has 0 fully saturated rings. The molecule has 0 aliphatic carbocycles. The summed E-state index contributed by atoms with van der Waals surface area (Å²) < 4.78 is 5.76. The fourth-order valence-corrected chi connectivity index (χ4v) is 3.75. The Morgan fingerprint density at radius 3 is 2.68 bits per heavy atom. The summed E-state index contributed by atoms with van der Waals surface area (Å²) in [7, 11) is 1.58. The maximum atomic E-state index is 12.4. The van der Waals surface area contributed by atoms with Crippen molar-refractivity contribution in [2.75, 3.05) is 37.3 Å². The highest BCUT2D eigenvalue weighted by atomic mass is 32.2. The van der Waals surface area contributed by atoms with Crippen LogP contribution in [0.5, 0.6) is 5.75 Å². The third-order valence-corrected chi connectivity index (χ3v) is 5.46. The third-order valence-electron chi connectivity index (χ3n) is 4.45. The number of aryl methyl sites for hydroxylation is 1. The molecule has 0 spiro atoms. The van der Waals surface area contributed by atoms with E-state index in [0.29, 0.717) is 18.8 Å². The molecule has 1 heterocycles. The van der Waals surface area contributed by atoms with Gasteiger partial charge in [0.1, 0.15) is 5.75 Å². The lowest BCUT2D eigenvalue weighted by molar-refractivity contribution is -0.127. The molecular formula is C21H25N3O3S. The third kappa shape index (κ3) is 5.19. The van der Waals surface area contributed by atoms with Crippen LogP contribution >= 0.6 is 11.8 Å². The zero-order valence-electron chi connectivity index (χ0n) is 16.1. The van der Waals surface area contributed by atoms with Crippen LogP contribution in [0.1, 0.15) is 5.56 Å². The number of amides is 2. The average Bonchev–Trinajstić information content (AvgIpc) is 2.71. The van der Waals surface area contributed by atoms with Crippen LogP contribution in [0.4, 0.5) is 5.69 Å². The molecule has 7 heteroatoms. The van der Waals surface area contributed by atoms with Crippen LogP contribution in [0.15, 0.2) is 53.4 Å². The number of fused-ring (bicyclic) bond motifs is 1. The Balaban J connectivity index is 1.52. The molecule has 6 nitrogen and oxygen atoms in total. The van der Waals surface area contributed by atoms with Gasteiger partial charge in [-0.2, -0.15) is 0 Å². The monoisotopic (exact) mass is 399 g/mol. The van der Waals surface area contributed by atoms with Crippen LogP contribution in [-0.2, 0) is 9.59 Å². The Labute approximate surface area is 169 Å². The van der Waals surface area contributed by atoms with E-state index in [1.165, 1.54) is 10.5 Å². The highest BCUT2D eigenvalue weighted by Crippen LogP contribution is 2.32. The van der Waals surface area contributed by atoms with Gasteiger partial charge in [0.25, 0.3) is 5.91 Å². The first kappa shape index (κ1) is 20.1. The number of benzene rings is 2. The van der Waals surface area contributed by atoms with Gasteiger partial charge >= 0.3 is 0 Å². The van der Waals surface area contributed by atoms with Gasteiger partial charge < -0.3 is 20.3 Å². The number of hydrogen-bond acceptors (Lipinski definition) is 5. The molecule has 1 unspecified atom stereocenters. The second-order valence-electron chi connectivity index (χ2n) is 6.58. The van der Waals surface area contributed by atoms with Crippen molar-refractivity contribution in [1.29, 1.82) is 0 Å². The minimum atomic E-state index is -0.634. The summed E-state index contributed by atoms with van der Waals surface area (Å²) in [6.07, 6.45) is -0.634. The van der Waals surface area contributed by atoms with Crippen molar-refractivity contribution in [3.05, 3.63) is 54.1 Å². The largest absolute Gasteiger partial charge is 0.477 e. The van der Waals surface area contributed by atoms with Crippen LogP contribution in [0.3, 0.4) is 0 Å². The number of carbonyl (C=O) groups is 2. The first-order chi connectivity index (χ1) is 13.6. The molecule has 2 aromatic rings. The van der Waals surface area contributed by atoms with E-state index in [1.807, 2.05) is 29.2 Å². The number of carbonyl (C=O) groups excluding carboxylic acids is 2. The molecular weight excluding hydrogens is 374 g/mol. The lowest BCUT2D eigenvalue weighted by Gasteiger charge is -2.34. The molecule has 28 heavy (non-hydrogen) atoms. The van der Waals surface area contributed by atoms with E-state index in [2.05, 4.69) is 41.8 Å². The Kier molecular flexibility index (Phi) is 6.81. The zero-order chi connectivity index (χ0) is 19.9. The van der Waals surface area contributed by atoms with Gasteiger partial charge in [-0.05, 0) is 31.2 Å². The molecule has 0 aromatic heterocycles. The van der Waals surface area contributed by atoms with E-state index in [9.17, 15) is 9.59 Å². The van der Waals surface area contributed by atoms with E-state index >= 15 is 0 Å². The van der Waals surface area contributed by atoms with Gasteiger partial charge in [0.2, 0.25) is 5.91 Å². The Morgan fingerprint density at radius 1 is 1.18 bits per heavy atom. The average molecular weight is 400 g/mol. The lowest BCUT2D eigenvalue weighted by atomic mass is 10.1. The second kappa shape index (κ2) is 9.50. The van der Waals surface area contributed by atoms with Crippen LogP contribution in [0.25, 0.3) is 0 Å². The summed E-state index contributed by atoms with van der Waals surface area (Å²) in [6, 6.07) is 15.8. The molecule has 148 valence electrons. The smallest absolute Gasteiger partial charge is 0.262 e. The van der Waals surface area contributed by atoms with Gasteiger partial charge in [0.05, 0.1) is 18.8 Å². The first-order valence-electron chi connectivity index (χ1n) is 9.25. The summed E-state index contributed by atoms with van der Waals surface area (Å²) in [5.41, 5.74) is 2.06. The number of nitrogens with zero attached hydrogens (tertiary/aromatic N) is 1. The Morgan fingerprint density at radius 2 is 1.93 bits per heavy atom. The highest BCUT2D eigenvalue weighted by molar-refractivity contribution is 7.99. The SMILES string of the molecule is CNC(=O)C1CN(CC(=O)NCCSc2ccc(C)cc2)c2ccccc2O1. The molecule has 0 bridgehead atoms. The van der Waals surface area contributed by atoms with Crippen molar-refractivity contribution in [3.63, 3.8) is 0 Å². The number of thioether (sulfide) groups is 1. The van der Waals surface area contributed by atoms with Gasteiger partial charge in [-0.25, -0.2) is 0 Å². The number of rotatable bonds is 7. The molecule has 0 radical (unpaired) electrons. The molecule has 1 aliphatic rings. The topological polar surface area (TPSA) is 70.7 Å². The Bertz CT molecular complexity index is 826. The van der Waals surface area contributed by atoms with Gasteiger partial charge in [0.15, 0.2) is 6.10 Å². The number of nitrogens with one attached hydrogen (secondary N) is 2. The van der Waals surface area contributed by atoms with E-state index in [1.54, 1.807) is 18.8 Å². The molecule has 2 amide bonds. The number of anilines is 1. The molecule has 2 N–H and O–H groups in total. The number of para-hydroxylation sites is 2. The lowest BCUT2D eigenvalue weighted by Crippen LogP contribution is -2.50. The summed E-state index contributed by atoms with van der Waals surface area (Å²) in [5, 5.41) is 5.56. The van der Waals surface area contributed by atoms with Crippen LogP contribution < -0.4 is 20.3 Å².